The van der Waals surface area contributed by atoms with Crippen molar-refractivity contribution >= 4 is 11.7 Å². The van der Waals surface area contributed by atoms with Crippen LogP contribution in [-0.4, -0.2) is 73.5 Å². The van der Waals surface area contributed by atoms with Gasteiger partial charge in [0.15, 0.2) is 11.5 Å². The van der Waals surface area contributed by atoms with Crippen LogP contribution in [0.2, 0.25) is 0 Å². The maximum absolute atomic E-state index is 12.2. The van der Waals surface area contributed by atoms with E-state index >= 15 is 0 Å². The minimum absolute atomic E-state index is 0.158. The summed E-state index contributed by atoms with van der Waals surface area (Å²) >= 11 is 0. The van der Waals surface area contributed by atoms with Crippen molar-refractivity contribution in [2.24, 2.45) is 5.92 Å². The van der Waals surface area contributed by atoms with Crippen LogP contribution in [0, 0.1) is 5.92 Å². The number of anilines is 1. The molecule has 1 aromatic heterocycles. The molecule has 2 fully saturated rings. The molecule has 132 valence electrons. The Kier molecular flexibility index (Phi) is 5.98. The lowest BCUT2D eigenvalue weighted by Crippen LogP contribution is -2.41. The van der Waals surface area contributed by atoms with Crippen molar-refractivity contribution in [1.29, 1.82) is 0 Å². The fourth-order valence-electron chi connectivity index (χ4n) is 3.26. The minimum atomic E-state index is -0.158. The van der Waals surface area contributed by atoms with E-state index in [1.54, 1.807) is 6.07 Å². The normalized spacial score (nSPS) is 22.4. The monoisotopic (exact) mass is 333 g/mol. The van der Waals surface area contributed by atoms with Crippen LogP contribution >= 0.6 is 0 Å². The molecule has 1 N–H and O–H groups in total. The maximum Gasteiger partial charge on any atom is 0.271 e. The van der Waals surface area contributed by atoms with Crippen LogP contribution < -0.4 is 10.2 Å². The van der Waals surface area contributed by atoms with E-state index in [-0.39, 0.29) is 5.91 Å². The van der Waals surface area contributed by atoms with Crippen molar-refractivity contribution < 1.29 is 9.53 Å². The molecule has 7 heteroatoms. The van der Waals surface area contributed by atoms with Crippen LogP contribution in [0.25, 0.3) is 0 Å². The molecule has 1 atom stereocenters. The number of morpholine rings is 1. The summed E-state index contributed by atoms with van der Waals surface area (Å²) in [5, 5.41) is 11.3. The van der Waals surface area contributed by atoms with Crippen molar-refractivity contribution in [1.82, 2.24) is 20.4 Å². The number of rotatable bonds is 5. The SMILES string of the molecule is CC1CCCN(c2ccc(C(=O)NCCN3CCOCC3)nn2)C1. The zero-order chi connectivity index (χ0) is 16.8. The number of aromatic nitrogens is 2. The largest absolute Gasteiger partial charge is 0.379 e. The molecule has 1 unspecified atom stereocenters. The first-order valence-corrected chi connectivity index (χ1v) is 8.89. The third-order valence-corrected chi connectivity index (χ3v) is 4.68. The highest BCUT2D eigenvalue weighted by molar-refractivity contribution is 5.92. The van der Waals surface area contributed by atoms with E-state index in [2.05, 4.69) is 32.2 Å². The van der Waals surface area contributed by atoms with E-state index in [4.69, 9.17) is 4.74 Å². The predicted molar refractivity (Wildman–Crippen MR) is 92.2 cm³/mol. The van der Waals surface area contributed by atoms with Crippen molar-refractivity contribution in [3.63, 3.8) is 0 Å². The van der Waals surface area contributed by atoms with Crippen LogP contribution in [0.3, 0.4) is 0 Å². The quantitative estimate of drug-likeness (QED) is 0.858. The molecule has 0 bridgehead atoms. The molecule has 0 saturated carbocycles. The van der Waals surface area contributed by atoms with Gasteiger partial charge in [-0.25, -0.2) is 0 Å². The average molecular weight is 333 g/mol. The van der Waals surface area contributed by atoms with E-state index in [1.807, 2.05) is 6.07 Å². The van der Waals surface area contributed by atoms with Gasteiger partial charge in [-0.1, -0.05) is 6.92 Å². The number of hydrogen-bond acceptors (Lipinski definition) is 6. The topological polar surface area (TPSA) is 70.6 Å². The van der Waals surface area contributed by atoms with Gasteiger partial charge in [-0.05, 0) is 30.9 Å². The summed E-state index contributed by atoms with van der Waals surface area (Å²) in [5.41, 5.74) is 0.380. The van der Waals surface area contributed by atoms with Gasteiger partial charge in [-0.3, -0.25) is 9.69 Å². The number of carbonyl (C=O) groups is 1. The highest BCUT2D eigenvalue weighted by atomic mass is 16.5. The fraction of sp³-hybridized carbons (Fsp3) is 0.706. The zero-order valence-electron chi connectivity index (χ0n) is 14.4. The molecular formula is C17H27N5O2. The molecule has 7 nitrogen and oxygen atoms in total. The molecule has 3 rings (SSSR count). The first kappa shape index (κ1) is 17.1. The Hall–Kier alpha value is -1.73. The third-order valence-electron chi connectivity index (χ3n) is 4.68. The number of carbonyl (C=O) groups excluding carboxylic acids is 1. The fourth-order valence-corrected chi connectivity index (χ4v) is 3.26. The number of hydrogen-bond donors (Lipinski definition) is 1. The van der Waals surface area contributed by atoms with E-state index in [9.17, 15) is 4.79 Å². The Labute approximate surface area is 143 Å². The molecule has 24 heavy (non-hydrogen) atoms. The van der Waals surface area contributed by atoms with E-state index < -0.39 is 0 Å². The molecule has 2 aliphatic heterocycles. The summed E-state index contributed by atoms with van der Waals surface area (Å²) in [5.74, 6) is 1.39. The summed E-state index contributed by atoms with van der Waals surface area (Å²) in [6, 6.07) is 3.67. The molecule has 0 aliphatic carbocycles. The molecular weight excluding hydrogens is 306 g/mol. The predicted octanol–water partition coefficient (Wildman–Crippen LogP) is 0.775. The number of ether oxygens (including phenoxy) is 1. The lowest BCUT2D eigenvalue weighted by atomic mass is 10.0. The van der Waals surface area contributed by atoms with E-state index in [0.29, 0.717) is 18.2 Å². The van der Waals surface area contributed by atoms with Gasteiger partial charge in [0.05, 0.1) is 13.2 Å². The van der Waals surface area contributed by atoms with Crippen LogP contribution in [-0.2, 0) is 4.74 Å². The summed E-state index contributed by atoms with van der Waals surface area (Å²) < 4.78 is 5.31. The maximum atomic E-state index is 12.2. The van der Waals surface area contributed by atoms with Gasteiger partial charge in [0, 0.05) is 39.3 Å². The second kappa shape index (κ2) is 8.39. The van der Waals surface area contributed by atoms with Gasteiger partial charge in [-0.15, -0.1) is 10.2 Å². The molecule has 1 amide bonds. The summed E-state index contributed by atoms with van der Waals surface area (Å²) in [6.07, 6.45) is 2.46. The molecule has 0 spiro atoms. The van der Waals surface area contributed by atoms with Gasteiger partial charge in [0.1, 0.15) is 0 Å². The van der Waals surface area contributed by atoms with Gasteiger partial charge < -0.3 is 15.0 Å². The van der Waals surface area contributed by atoms with Gasteiger partial charge in [-0.2, -0.15) is 0 Å². The van der Waals surface area contributed by atoms with Gasteiger partial charge in [0.25, 0.3) is 5.91 Å². The van der Waals surface area contributed by atoms with Crippen molar-refractivity contribution in [3.05, 3.63) is 17.8 Å². The molecule has 0 aromatic carbocycles. The summed E-state index contributed by atoms with van der Waals surface area (Å²) in [6.45, 7) is 9.15. The van der Waals surface area contributed by atoms with Gasteiger partial charge >= 0.3 is 0 Å². The van der Waals surface area contributed by atoms with Crippen LogP contribution in [0.4, 0.5) is 5.82 Å². The molecule has 2 aliphatic rings. The Morgan fingerprint density at radius 3 is 2.83 bits per heavy atom. The second-order valence-electron chi connectivity index (χ2n) is 6.68. The molecule has 1 aromatic rings. The standard InChI is InChI=1S/C17H27N5O2/c1-14-3-2-7-22(13-14)16-5-4-15(19-20-16)17(23)18-6-8-21-9-11-24-12-10-21/h4-5,14H,2-3,6-13H2,1H3,(H,18,23). The Bertz CT molecular complexity index is 530. The Morgan fingerprint density at radius 1 is 1.29 bits per heavy atom. The summed E-state index contributed by atoms with van der Waals surface area (Å²) in [4.78, 5) is 16.7. The lowest BCUT2D eigenvalue weighted by Gasteiger charge is -2.31. The van der Waals surface area contributed by atoms with E-state index in [0.717, 1.165) is 51.8 Å². The third kappa shape index (κ3) is 4.64. The highest BCUT2D eigenvalue weighted by Crippen LogP contribution is 2.20. The average Bonchev–Trinajstić information content (AvgIpc) is 2.63. The molecule has 3 heterocycles. The molecule has 2 saturated heterocycles. The van der Waals surface area contributed by atoms with Crippen molar-refractivity contribution in [2.45, 2.75) is 19.8 Å². The highest BCUT2D eigenvalue weighted by Gasteiger charge is 2.18. The lowest BCUT2D eigenvalue weighted by molar-refractivity contribution is 0.0383. The van der Waals surface area contributed by atoms with Gasteiger partial charge in [0.2, 0.25) is 0 Å². The van der Waals surface area contributed by atoms with Crippen molar-refractivity contribution in [3.8, 4) is 0 Å². The van der Waals surface area contributed by atoms with Crippen molar-refractivity contribution in [2.75, 3.05) is 57.4 Å². The second-order valence-corrected chi connectivity index (χ2v) is 6.68. The Morgan fingerprint density at radius 2 is 2.12 bits per heavy atom. The zero-order valence-corrected chi connectivity index (χ0v) is 14.4. The van der Waals surface area contributed by atoms with Crippen LogP contribution in [0.1, 0.15) is 30.3 Å². The van der Waals surface area contributed by atoms with Crippen LogP contribution in [0.15, 0.2) is 12.1 Å². The first-order chi connectivity index (χ1) is 11.7. The molecule has 0 radical (unpaired) electrons. The number of amides is 1. The summed E-state index contributed by atoms with van der Waals surface area (Å²) in [7, 11) is 0. The van der Waals surface area contributed by atoms with Crippen LogP contribution in [0.5, 0.6) is 0 Å². The Balaban J connectivity index is 1.46. The number of piperidine rings is 1. The van der Waals surface area contributed by atoms with E-state index in [1.165, 1.54) is 12.8 Å². The smallest absolute Gasteiger partial charge is 0.271 e. The number of nitrogens with one attached hydrogen (secondary N) is 1. The minimum Gasteiger partial charge on any atom is -0.379 e. The number of nitrogens with zero attached hydrogens (tertiary/aromatic N) is 4. The first-order valence-electron chi connectivity index (χ1n) is 8.89.